The average molecular weight is 346 g/mol. The second kappa shape index (κ2) is 5.16. The summed E-state index contributed by atoms with van der Waals surface area (Å²) < 4.78 is 39.1. The van der Waals surface area contributed by atoms with Crippen LogP contribution in [-0.2, 0) is 11.9 Å². The fraction of sp³-hybridized carbons (Fsp3) is 0.273. The molecule has 0 nitrogen and oxygen atoms in total. The van der Waals surface area contributed by atoms with Gasteiger partial charge in [-0.3, -0.25) is 0 Å². The number of rotatable bonds is 1. The third-order valence-electron chi connectivity index (χ3n) is 2.35. The third kappa shape index (κ3) is 2.77. The van der Waals surface area contributed by atoms with E-state index in [1.165, 1.54) is 6.07 Å². The van der Waals surface area contributed by atoms with E-state index in [-0.39, 0.29) is 17.0 Å². The Bertz CT molecular complexity index is 533. The lowest BCUT2D eigenvalue weighted by Gasteiger charge is -1.98. The van der Waals surface area contributed by atoms with E-state index in [1.807, 2.05) is 0 Å². The summed E-state index contributed by atoms with van der Waals surface area (Å²) in [6, 6.07) is 6.31. The predicted octanol–water partition coefficient (Wildman–Crippen LogP) is 2.29. The van der Waals surface area contributed by atoms with Crippen LogP contribution in [-0.4, -0.2) is 0 Å². The molecular formula is C11H9BrClF3S. The van der Waals surface area contributed by atoms with Gasteiger partial charge in [-0.25, -0.2) is 0 Å². The van der Waals surface area contributed by atoms with Gasteiger partial charge in [0.2, 0.25) is 0 Å². The molecule has 0 amide bonds. The van der Waals surface area contributed by atoms with Gasteiger partial charge >= 0.3 is 5.51 Å². The Hall–Kier alpha value is -0.260. The summed E-state index contributed by atoms with van der Waals surface area (Å²) in [6.07, 6.45) is 0.412. The fourth-order valence-corrected chi connectivity index (χ4v) is 3.90. The van der Waals surface area contributed by atoms with Crippen LogP contribution in [0.1, 0.15) is 11.8 Å². The van der Waals surface area contributed by atoms with Crippen molar-refractivity contribution < 1.29 is 30.2 Å². The molecule has 0 saturated carbocycles. The number of benzene rings is 1. The zero-order valence-electron chi connectivity index (χ0n) is 8.81. The molecule has 0 aliphatic carbocycles. The van der Waals surface area contributed by atoms with Crippen molar-refractivity contribution in [3.05, 3.63) is 34.2 Å². The molecule has 0 bridgehead atoms. The van der Waals surface area contributed by atoms with Crippen molar-refractivity contribution >= 4 is 32.2 Å². The second-order valence-corrected chi connectivity index (χ2v) is 5.87. The third-order valence-corrected chi connectivity index (χ3v) is 4.78. The molecule has 0 saturated heterocycles. The summed E-state index contributed by atoms with van der Waals surface area (Å²) in [5, 5.41) is 0.994. The largest absolute Gasteiger partial charge is 1.00 e. The highest BCUT2D eigenvalue weighted by atomic mass is 79.9. The maximum atomic E-state index is 12.9. The van der Waals surface area contributed by atoms with Gasteiger partial charge < -0.3 is 17.0 Å². The Kier molecular flexibility index (Phi) is 4.49. The van der Waals surface area contributed by atoms with Crippen LogP contribution >= 0.6 is 22.1 Å². The van der Waals surface area contributed by atoms with Crippen LogP contribution in [0.2, 0.25) is 5.02 Å². The normalized spacial score (nSPS) is 12.6. The zero-order chi connectivity index (χ0) is 11.9. The van der Waals surface area contributed by atoms with Crippen LogP contribution < -0.4 is 17.0 Å². The van der Waals surface area contributed by atoms with Gasteiger partial charge in [0, 0.05) is 29.0 Å². The maximum absolute atomic E-state index is 12.9. The van der Waals surface area contributed by atoms with E-state index in [1.54, 1.807) is 25.1 Å². The fourth-order valence-electron chi connectivity index (χ4n) is 1.70. The Labute approximate surface area is 115 Å². The highest BCUT2D eigenvalue weighted by molar-refractivity contribution is 7.38. The first-order valence-corrected chi connectivity index (χ1v) is 6.35. The lowest BCUT2D eigenvalue weighted by atomic mass is 10.2. The molecular weight excluding hydrogens is 337 g/mol. The van der Waals surface area contributed by atoms with Crippen molar-refractivity contribution in [3.8, 4) is 0 Å². The molecule has 1 heterocycles. The van der Waals surface area contributed by atoms with Gasteiger partial charge in [-0.05, 0) is 12.1 Å². The lowest BCUT2D eigenvalue weighted by molar-refractivity contribution is -0.0867. The highest BCUT2D eigenvalue weighted by Gasteiger charge is 2.47. The number of fused-ring (bicyclic) bond motifs is 1. The molecule has 2 rings (SSSR count). The quantitative estimate of drug-likeness (QED) is 0.696. The van der Waals surface area contributed by atoms with E-state index in [0.29, 0.717) is 26.4 Å². The van der Waals surface area contributed by atoms with Crippen molar-refractivity contribution in [2.24, 2.45) is 0 Å². The predicted molar refractivity (Wildman–Crippen MR) is 62.1 cm³/mol. The number of hydrogen-bond acceptors (Lipinski definition) is 0. The van der Waals surface area contributed by atoms with Gasteiger partial charge in [0.05, 0.1) is 10.5 Å². The van der Waals surface area contributed by atoms with Gasteiger partial charge in [0.15, 0.2) is 9.58 Å². The molecule has 0 aliphatic rings. The van der Waals surface area contributed by atoms with E-state index >= 15 is 0 Å². The number of halogens is 5. The van der Waals surface area contributed by atoms with Crippen LogP contribution in [0.15, 0.2) is 24.3 Å². The minimum atomic E-state index is -4.21. The molecule has 0 radical (unpaired) electrons. The Morgan fingerprint density at radius 2 is 1.88 bits per heavy atom. The topological polar surface area (TPSA) is 0 Å². The van der Waals surface area contributed by atoms with Crippen LogP contribution in [0.4, 0.5) is 13.2 Å². The first kappa shape index (κ1) is 14.8. The summed E-state index contributed by atoms with van der Waals surface area (Å²) in [7, 11) is -1.79. The number of alkyl halides is 3. The zero-order valence-corrected chi connectivity index (χ0v) is 12.0. The SMILES string of the molecule is CCc1cc2ccc(Cl)cc2[s+]1C(F)(F)F.[Br-]. The maximum Gasteiger partial charge on any atom is 0.600 e. The molecule has 0 spiro atoms. The minimum absolute atomic E-state index is 0. The molecule has 2 aromatic rings. The molecule has 1 unspecified atom stereocenters. The molecule has 1 aromatic heterocycles. The number of hydrogen-bond donors (Lipinski definition) is 0. The van der Waals surface area contributed by atoms with Crippen molar-refractivity contribution in [2.45, 2.75) is 18.9 Å². The smallest absolute Gasteiger partial charge is 0.600 e. The van der Waals surface area contributed by atoms with E-state index in [0.717, 1.165) is 0 Å². The summed E-state index contributed by atoms with van der Waals surface area (Å²) in [6.45, 7) is 1.74. The van der Waals surface area contributed by atoms with Crippen LogP contribution in [0.25, 0.3) is 10.1 Å². The van der Waals surface area contributed by atoms with Crippen molar-refractivity contribution in [2.75, 3.05) is 0 Å². The molecule has 0 fully saturated rings. The van der Waals surface area contributed by atoms with E-state index < -0.39 is 16.0 Å². The van der Waals surface area contributed by atoms with Crippen LogP contribution in [0.5, 0.6) is 0 Å². The van der Waals surface area contributed by atoms with E-state index in [4.69, 9.17) is 11.6 Å². The van der Waals surface area contributed by atoms with Crippen LogP contribution in [0.3, 0.4) is 0 Å². The lowest BCUT2D eigenvalue weighted by Crippen LogP contribution is -3.00. The number of aryl methyl sites for hydroxylation is 1. The van der Waals surface area contributed by atoms with Gasteiger partial charge in [-0.1, -0.05) is 18.5 Å². The molecule has 0 N–H and O–H groups in total. The standard InChI is InChI=1S/C11H9ClF3S.BrH/c1-2-9-5-7-3-4-8(12)6-10(7)16(9)11(13,14)15;/h3-6H,2H2,1H3;1H/q+1;/p-1. The Balaban J connectivity index is 0.00000144. The monoisotopic (exact) mass is 344 g/mol. The Morgan fingerprint density at radius 1 is 1.24 bits per heavy atom. The molecule has 0 aliphatic heterocycles. The molecule has 17 heavy (non-hydrogen) atoms. The first-order valence-electron chi connectivity index (χ1n) is 4.74. The van der Waals surface area contributed by atoms with Gasteiger partial charge in [0.1, 0.15) is 0 Å². The van der Waals surface area contributed by atoms with Gasteiger partial charge in [-0.15, -0.1) is 13.2 Å². The summed E-state index contributed by atoms with van der Waals surface area (Å²) >= 11 is 5.74. The molecule has 1 atom stereocenters. The second-order valence-electron chi connectivity index (χ2n) is 3.40. The van der Waals surface area contributed by atoms with Gasteiger partial charge in [0.25, 0.3) is 0 Å². The number of thiophene rings is 1. The summed E-state index contributed by atoms with van der Waals surface area (Å²) in [4.78, 5) is 0.435. The van der Waals surface area contributed by atoms with Gasteiger partial charge in [-0.2, -0.15) is 0 Å². The Morgan fingerprint density at radius 3 is 2.41 bits per heavy atom. The van der Waals surface area contributed by atoms with Crippen molar-refractivity contribution in [3.63, 3.8) is 0 Å². The average Bonchev–Trinajstić information content (AvgIpc) is 2.54. The molecule has 1 aromatic carbocycles. The first-order chi connectivity index (χ1) is 7.43. The molecule has 6 heteroatoms. The summed E-state index contributed by atoms with van der Waals surface area (Å²) in [5.41, 5.74) is -4.21. The summed E-state index contributed by atoms with van der Waals surface area (Å²) in [5.74, 6) is 0. The van der Waals surface area contributed by atoms with Crippen LogP contribution in [0, 0.1) is 0 Å². The van der Waals surface area contributed by atoms with Crippen molar-refractivity contribution in [1.29, 1.82) is 0 Å². The highest BCUT2D eigenvalue weighted by Crippen LogP contribution is 2.51. The van der Waals surface area contributed by atoms with E-state index in [9.17, 15) is 13.2 Å². The van der Waals surface area contributed by atoms with E-state index in [2.05, 4.69) is 0 Å². The van der Waals surface area contributed by atoms with Crippen molar-refractivity contribution in [1.82, 2.24) is 0 Å². The molecule has 94 valence electrons. The minimum Gasteiger partial charge on any atom is -1.00 e.